The van der Waals surface area contributed by atoms with E-state index in [9.17, 15) is 15.0 Å². The molecular formula is C19H22O5. The molecular weight excluding hydrogens is 308 g/mol. The fourth-order valence-corrected chi connectivity index (χ4v) is 2.25. The summed E-state index contributed by atoms with van der Waals surface area (Å²) in [7, 11) is 0. The van der Waals surface area contributed by atoms with Gasteiger partial charge in [-0.15, -0.1) is 0 Å². The van der Waals surface area contributed by atoms with Gasteiger partial charge in [-0.3, -0.25) is 4.79 Å². The molecule has 0 fully saturated rings. The summed E-state index contributed by atoms with van der Waals surface area (Å²) in [6, 6.07) is 8.73. The van der Waals surface area contributed by atoms with E-state index in [1.165, 1.54) is 36.4 Å². The van der Waals surface area contributed by atoms with Crippen molar-refractivity contribution in [1.29, 1.82) is 0 Å². The molecule has 5 nitrogen and oxygen atoms in total. The number of ether oxygens (including phenoxy) is 2. The van der Waals surface area contributed by atoms with Crippen LogP contribution in [0.1, 0.15) is 43.6 Å². The number of rotatable bonds is 6. The molecule has 2 aromatic rings. The molecule has 0 radical (unpaired) electrons. The van der Waals surface area contributed by atoms with Crippen molar-refractivity contribution in [3.8, 4) is 23.0 Å². The molecule has 2 N–H and O–H groups in total. The lowest BCUT2D eigenvalue weighted by Gasteiger charge is -2.17. The number of phenolic OH excluding ortho intramolecular Hbond substituents is 2. The molecule has 24 heavy (non-hydrogen) atoms. The molecule has 0 aliphatic carbocycles. The van der Waals surface area contributed by atoms with Gasteiger partial charge in [0.1, 0.15) is 23.0 Å². The van der Waals surface area contributed by atoms with Crippen molar-refractivity contribution < 1.29 is 24.5 Å². The first-order valence-electron chi connectivity index (χ1n) is 7.82. The molecule has 0 saturated carbocycles. The summed E-state index contributed by atoms with van der Waals surface area (Å²) < 4.78 is 11.3. The number of carbonyl (C=O) groups excluding carboxylic acids is 1. The molecule has 0 saturated heterocycles. The van der Waals surface area contributed by atoms with Crippen molar-refractivity contribution in [2.24, 2.45) is 0 Å². The number of ketones is 1. The summed E-state index contributed by atoms with van der Waals surface area (Å²) in [5.41, 5.74) is 0.640. The number of hydrogen-bond acceptors (Lipinski definition) is 5. The van der Waals surface area contributed by atoms with E-state index >= 15 is 0 Å². The highest BCUT2D eigenvalue weighted by Crippen LogP contribution is 2.32. The van der Waals surface area contributed by atoms with Gasteiger partial charge < -0.3 is 19.7 Å². The first kappa shape index (κ1) is 17.7. The van der Waals surface area contributed by atoms with Gasteiger partial charge in [0.2, 0.25) is 0 Å². The Labute approximate surface area is 141 Å². The fourth-order valence-electron chi connectivity index (χ4n) is 2.25. The van der Waals surface area contributed by atoms with Crippen LogP contribution in [0, 0.1) is 0 Å². The maximum atomic E-state index is 13.0. The summed E-state index contributed by atoms with van der Waals surface area (Å²) in [6.45, 7) is 7.36. The lowest BCUT2D eigenvalue weighted by Crippen LogP contribution is -2.13. The molecule has 0 aliphatic heterocycles. The summed E-state index contributed by atoms with van der Waals surface area (Å²) in [4.78, 5) is 13.0. The third-order valence-electron chi connectivity index (χ3n) is 3.14. The highest BCUT2D eigenvalue weighted by molar-refractivity contribution is 6.12. The zero-order valence-corrected chi connectivity index (χ0v) is 14.2. The minimum absolute atomic E-state index is 0.0200. The van der Waals surface area contributed by atoms with Crippen LogP contribution in [-0.4, -0.2) is 28.2 Å². The highest BCUT2D eigenvalue weighted by Gasteiger charge is 2.21. The molecule has 2 aromatic carbocycles. The van der Waals surface area contributed by atoms with Crippen molar-refractivity contribution in [2.45, 2.75) is 39.9 Å². The van der Waals surface area contributed by atoms with Gasteiger partial charge in [-0.1, -0.05) is 0 Å². The monoisotopic (exact) mass is 330 g/mol. The van der Waals surface area contributed by atoms with Crippen LogP contribution >= 0.6 is 0 Å². The SMILES string of the molecule is CC(C)Oc1cc(O)ccc1C(=O)c1ccc(O)cc1OC(C)C. The Morgan fingerprint density at radius 2 is 1.17 bits per heavy atom. The van der Waals surface area contributed by atoms with E-state index in [1.807, 2.05) is 27.7 Å². The van der Waals surface area contributed by atoms with E-state index in [0.29, 0.717) is 22.6 Å². The number of phenols is 2. The van der Waals surface area contributed by atoms with Crippen LogP contribution in [0.5, 0.6) is 23.0 Å². The van der Waals surface area contributed by atoms with Crippen LogP contribution in [0.25, 0.3) is 0 Å². The standard InChI is InChI=1S/C19H22O5/c1-11(2)23-17-9-13(20)5-7-15(17)19(22)16-8-6-14(21)10-18(16)24-12(3)4/h5-12,20-21H,1-4H3. The van der Waals surface area contributed by atoms with E-state index in [0.717, 1.165) is 0 Å². The third-order valence-corrected chi connectivity index (χ3v) is 3.14. The quantitative estimate of drug-likeness (QED) is 0.786. The van der Waals surface area contributed by atoms with Crippen molar-refractivity contribution in [3.05, 3.63) is 47.5 Å². The molecule has 2 rings (SSSR count). The largest absolute Gasteiger partial charge is 0.508 e. The molecule has 0 aliphatic rings. The van der Waals surface area contributed by atoms with E-state index < -0.39 is 0 Å². The maximum Gasteiger partial charge on any atom is 0.200 e. The van der Waals surface area contributed by atoms with Crippen LogP contribution in [0.3, 0.4) is 0 Å². The first-order valence-corrected chi connectivity index (χ1v) is 7.82. The van der Waals surface area contributed by atoms with Gasteiger partial charge in [0.25, 0.3) is 0 Å². The first-order chi connectivity index (χ1) is 11.3. The molecule has 0 aromatic heterocycles. The van der Waals surface area contributed by atoms with Crippen LogP contribution in [-0.2, 0) is 0 Å². The van der Waals surface area contributed by atoms with Gasteiger partial charge in [0, 0.05) is 12.1 Å². The molecule has 0 bridgehead atoms. The van der Waals surface area contributed by atoms with Gasteiger partial charge in [0.15, 0.2) is 5.78 Å². The highest BCUT2D eigenvalue weighted by atomic mass is 16.5. The Morgan fingerprint density at radius 3 is 1.50 bits per heavy atom. The summed E-state index contributed by atoms with van der Waals surface area (Å²) >= 11 is 0. The summed E-state index contributed by atoms with van der Waals surface area (Å²) in [6.07, 6.45) is -0.297. The average molecular weight is 330 g/mol. The minimum Gasteiger partial charge on any atom is -0.508 e. The van der Waals surface area contributed by atoms with Gasteiger partial charge in [-0.25, -0.2) is 0 Å². The Kier molecular flexibility index (Phi) is 5.34. The molecule has 0 spiro atoms. The molecule has 0 heterocycles. The van der Waals surface area contributed by atoms with E-state index in [-0.39, 0.29) is 29.5 Å². The Morgan fingerprint density at radius 1 is 0.792 bits per heavy atom. The predicted molar refractivity (Wildman–Crippen MR) is 91.2 cm³/mol. The third kappa shape index (κ3) is 4.19. The van der Waals surface area contributed by atoms with Crippen LogP contribution in [0.4, 0.5) is 0 Å². The number of aromatic hydroxyl groups is 2. The molecule has 5 heteroatoms. The minimum atomic E-state index is -0.304. The van der Waals surface area contributed by atoms with Gasteiger partial charge >= 0.3 is 0 Å². The lowest BCUT2D eigenvalue weighted by atomic mass is 10.0. The van der Waals surface area contributed by atoms with Crippen LogP contribution in [0.2, 0.25) is 0 Å². The molecule has 0 atom stereocenters. The number of carbonyl (C=O) groups is 1. The fraction of sp³-hybridized carbons (Fsp3) is 0.316. The predicted octanol–water partition coefficient (Wildman–Crippen LogP) is 3.90. The lowest BCUT2D eigenvalue weighted by molar-refractivity contribution is 0.102. The number of hydrogen-bond donors (Lipinski definition) is 2. The van der Waals surface area contributed by atoms with Gasteiger partial charge in [-0.2, -0.15) is 0 Å². The molecule has 128 valence electrons. The van der Waals surface area contributed by atoms with Crippen LogP contribution < -0.4 is 9.47 Å². The van der Waals surface area contributed by atoms with Gasteiger partial charge in [-0.05, 0) is 52.0 Å². The van der Waals surface area contributed by atoms with E-state index in [1.54, 1.807) is 0 Å². The summed E-state index contributed by atoms with van der Waals surface area (Å²) in [5.74, 6) is 0.344. The Bertz CT molecular complexity index is 673. The van der Waals surface area contributed by atoms with Crippen molar-refractivity contribution >= 4 is 5.78 Å². The van der Waals surface area contributed by atoms with Crippen molar-refractivity contribution in [2.75, 3.05) is 0 Å². The molecule has 0 unspecified atom stereocenters. The zero-order chi connectivity index (χ0) is 17.9. The summed E-state index contributed by atoms with van der Waals surface area (Å²) in [5, 5.41) is 19.3. The Balaban J connectivity index is 2.49. The second kappa shape index (κ2) is 7.25. The maximum absolute atomic E-state index is 13.0. The van der Waals surface area contributed by atoms with E-state index in [2.05, 4.69) is 0 Å². The Hall–Kier alpha value is -2.69. The van der Waals surface area contributed by atoms with Gasteiger partial charge in [0.05, 0.1) is 23.3 Å². The number of benzene rings is 2. The second-order valence-electron chi connectivity index (χ2n) is 6.02. The second-order valence-corrected chi connectivity index (χ2v) is 6.02. The van der Waals surface area contributed by atoms with Crippen molar-refractivity contribution in [3.63, 3.8) is 0 Å². The topological polar surface area (TPSA) is 76.0 Å². The van der Waals surface area contributed by atoms with Crippen LogP contribution in [0.15, 0.2) is 36.4 Å². The smallest absolute Gasteiger partial charge is 0.200 e. The average Bonchev–Trinajstić information content (AvgIpc) is 2.45. The normalized spacial score (nSPS) is 10.9. The van der Waals surface area contributed by atoms with E-state index in [4.69, 9.17) is 9.47 Å². The zero-order valence-electron chi connectivity index (χ0n) is 14.2. The van der Waals surface area contributed by atoms with Crippen molar-refractivity contribution in [1.82, 2.24) is 0 Å². The molecule has 0 amide bonds.